The van der Waals surface area contributed by atoms with Gasteiger partial charge in [-0.2, -0.15) is 0 Å². The number of hydrogen-bond donors (Lipinski definition) is 3. The molecule has 0 aromatic rings. The lowest BCUT2D eigenvalue weighted by atomic mass is 10.0. The summed E-state index contributed by atoms with van der Waals surface area (Å²) < 4.78 is 0. The Bertz CT molecular complexity index is 1000. The second-order valence-corrected chi connectivity index (χ2v) is 15.4. The molecular weight excluding hydrogens is 675 g/mol. The predicted octanol–water partition coefficient (Wildman–Crippen LogP) is 14.9. The van der Waals surface area contributed by atoms with Gasteiger partial charge in [0.05, 0.1) is 18.8 Å². The van der Waals surface area contributed by atoms with Crippen molar-refractivity contribution in [2.45, 2.75) is 225 Å². The zero-order chi connectivity index (χ0) is 40.0. The molecular formula is C51H89NO3. The van der Waals surface area contributed by atoms with Gasteiger partial charge in [0, 0.05) is 6.42 Å². The number of allylic oxidation sites excluding steroid dienone is 13. The van der Waals surface area contributed by atoms with E-state index < -0.39 is 12.1 Å². The molecule has 55 heavy (non-hydrogen) atoms. The summed E-state index contributed by atoms with van der Waals surface area (Å²) in [7, 11) is 0. The Balaban J connectivity index is 3.43. The summed E-state index contributed by atoms with van der Waals surface area (Å²) in [4.78, 5) is 12.3. The number of rotatable bonds is 41. The van der Waals surface area contributed by atoms with Gasteiger partial charge in [0.2, 0.25) is 5.91 Å². The average molecular weight is 764 g/mol. The van der Waals surface area contributed by atoms with Crippen LogP contribution in [0.5, 0.6) is 0 Å². The zero-order valence-electron chi connectivity index (χ0n) is 36.2. The summed E-state index contributed by atoms with van der Waals surface area (Å²) in [6.45, 7) is 4.11. The Labute approximate surface area is 341 Å². The SMILES string of the molecule is CC/C=C\C/C=C\C/C=C\C/C=C\C/C=C\C/C=C\CCCCCCCCCCCCCCCCCCCCC(=O)NC(CO)C(O)/C=C/CCCCCC. The van der Waals surface area contributed by atoms with Gasteiger partial charge < -0.3 is 15.5 Å². The Morgan fingerprint density at radius 1 is 0.455 bits per heavy atom. The minimum Gasteiger partial charge on any atom is -0.394 e. The molecule has 3 N–H and O–H groups in total. The molecule has 0 bridgehead atoms. The fourth-order valence-electron chi connectivity index (χ4n) is 6.59. The maximum atomic E-state index is 12.3. The van der Waals surface area contributed by atoms with E-state index in [2.05, 4.69) is 92.1 Å². The van der Waals surface area contributed by atoms with Crippen molar-refractivity contribution in [3.05, 3.63) is 85.1 Å². The zero-order valence-corrected chi connectivity index (χ0v) is 36.2. The molecule has 0 rings (SSSR count). The van der Waals surface area contributed by atoms with Crippen LogP contribution in [-0.2, 0) is 4.79 Å². The summed E-state index contributed by atoms with van der Waals surface area (Å²) in [6.07, 6.45) is 67.4. The number of aliphatic hydroxyl groups excluding tert-OH is 2. The van der Waals surface area contributed by atoms with Gasteiger partial charge in [-0.15, -0.1) is 0 Å². The van der Waals surface area contributed by atoms with Crippen molar-refractivity contribution >= 4 is 5.91 Å². The van der Waals surface area contributed by atoms with Crippen LogP contribution >= 0.6 is 0 Å². The van der Waals surface area contributed by atoms with E-state index in [4.69, 9.17) is 0 Å². The summed E-state index contributed by atoms with van der Waals surface area (Å²) in [6, 6.07) is -0.620. The number of nitrogens with one attached hydrogen (secondary N) is 1. The van der Waals surface area contributed by atoms with Crippen LogP contribution in [0, 0.1) is 0 Å². The smallest absolute Gasteiger partial charge is 0.220 e. The molecule has 4 heteroatoms. The van der Waals surface area contributed by atoms with Crippen LogP contribution in [0.25, 0.3) is 0 Å². The lowest BCUT2D eigenvalue weighted by Crippen LogP contribution is -2.45. The van der Waals surface area contributed by atoms with Gasteiger partial charge in [-0.05, 0) is 70.6 Å². The standard InChI is InChI=1S/C51H89NO3/c1-3-5-7-9-11-12-13-14-15-16-17-18-19-20-21-22-23-24-25-26-27-28-29-30-31-32-33-34-35-36-37-38-39-40-41-43-45-47-51(55)52-49(48-53)50(54)46-44-42-10-8-6-4-2/h5,7,11-12,14-15,17-18,20-21,23-24,44,46,49-50,53-54H,3-4,6,8-10,13,16,19,22,25-43,45,47-48H2,1-2H3,(H,52,55)/b7-5-,12-11-,15-14-,18-17-,21-20-,24-23-,46-44+. The van der Waals surface area contributed by atoms with Crippen LogP contribution in [-0.4, -0.2) is 34.9 Å². The lowest BCUT2D eigenvalue weighted by Gasteiger charge is -2.20. The number of amides is 1. The molecule has 0 spiro atoms. The highest BCUT2D eigenvalue weighted by molar-refractivity contribution is 5.76. The quantitative estimate of drug-likeness (QED) is 0.0429. The minimum absolute atomic E-state index is 0.0714. The monoisotopic (exact) mass is 764 g/mol. The molecule has 1 amide bonds. The Morgan fingerprint density at radius 2 is 0.800 bits per heavy atom. The third kappa shape index (κ3) is 42.6. The van der Waals surface area contributed by atoms with E-state index in [0.29, 0.717) is 6.42 Å². The third-order valence-corrected chi connectivity index (χ3v) is 10.1. The minimum atomic E-state index is -0.837. The molecule has 0 fully saturated rings. The predicted molar refractivity (Wildman–Crippen MR) is 243 cm³/mol. The second kappa shape index (κ2) is 46.0. The summed E-state index contributed by atoms with van der Waals surface area (Å²) in [5.74, 6) is -0.0714. The van der Waals surface area contributed by atoms with Crippen molar-refractivity contribution in [3.8, 4) is 0 Å². The molecule has 0 saturated carbocycles. The molecule has 0 aliphatic heterocycles. The van der Waals surface area contributed by atoms with E-state index in [9.17, 15) is 15.0 Å². The first kappa shape index (κ1) is 52.6. The highest BCUT2D eigenvalue weighted by Gasteiger charge is 2.17. The molecule has 316 valence electrons. The lowest BCUT2D eigenvalue weighted by molar-refractivity contribution is -0.123. The molecule has 2 unspecified atom stereocenters. The van der Waals surface area contributed by atoms with Gasteiger partial charge >= 0.3 is 0 Å². The maximum Gasteiger partial charge on any atom is 0.220 e. The van der Waals surface area contributed by atoms with Crippen molar-refractivity contribution in [1.29, 1.82) is 0 Å². The average Bonchev–Trinajstić information content (AvgIpc) is 3.19. The molecule has 0 aliphatic rings. The Kier molecular flexibility index (Phi) is 43.9. The second-order valence-electron chi connectivity index (χ2n) is 15.4. The van der Waals surface area contributed by atoms with Crippen LogP contribution in [0.4, 0.5) is 0 Å². The van der Waals surface area contributed by atoms with Crippen LogP contribution in [0.15, 0.2) is 85.1 Å². The molecule has 0 heterocycles. The summed E-state index contributed by atoms with van der Waals surface area (Å²) >= 11 is 0. The fourth-order valence-corrected chi connectivity index (χ4v) is 6.59. The summed E-state index contributed by atoms with van der Waals surface area (Å²) in [5.41, 5.74) is 0. The van der Waals surface area contributed by atoms with Gasteiger partial charge in [-0.25, -0.2) is 0 Å². The van der Waals surface area contributed by atoms with Crippen LogP contribution in [0.2, 0.25) is 0 Å². The molecule has 0 saturated heterocycles. The molecule has 0 aromatic heterocycles. The van der Waals surface area contributed by atoms with Crippen molar-refractivity contribution in [3.63, 3.8) is 0 Å². The van der Waals surface area contributed by atoms with E-state index >= 15 is 0 Å². The van der Waals surface area contributed by atoms with Gasteiger partial charge in [0.1, 0.15) is 0 Å². The normalized spacial score (nSPS) is 13.7. The highest BCUT2D eigenvalue weighted by Crippen LogP contribution is 2.15. The van der Waals surface area contributed by atoms with Crippen molar-refractivity contribution in [1.82, 2.24) is 5.32 Å². The molecule has 2 atom stereocenters. The van der Waals surface area contributed by atoms with E-state index in [1.807, 2.05) is 6.08 Å². The van der Waals surface area contributed by atoms with Gasteiger partial charge in [0.25, 0.3) is 0 Å². The number of carbonyl (C=O) groups excluding carboxylic acids is 1. The first-order valence-corrected chi connectivity index (χ1v) is 23.3. The van der Waals surface area contributed by atoms with Gasteiger partial charge in [0.15, 0.2) is 0 Å². The first-order valence-electron chi connectivity index (χ1n) is 23.3. The first-order chi connectivity index (χ1) is 27.2. The van der Waals surface area contributed by atoms with Crippen LogP contribution < -0.4 is 5.32 Å². The van der Waals surface area contributed by atoms with Crippen LogP contribution in [0.3, 0.4) is 0 Å². The van der Waals surface area contributed by atoms with Crippen molar-refractivity contribution in [2.75, 3.05) is 6.61 Å². The topological polar surface area (TPSA) is 69.6 Å². The highest BCUT2D eigenvalue weighted by atomic mass is 16.3. The molecule has 0 radical (unpaired) electrons. The van der Waals surface area contributed by atoms with E-state index in [1.165, 1.54) is 128 Å². The number of hydrogen-bond acceptors (Lipinski definition) is 3. The van der Waals surface area contributed by atoms with E-state index in [1.54, 1.807) is 6.08 Å². The fraction of sp³-hybridized carbons (Fsp3) is 0.706. The van der Waals surface area contributed by atoms with Gasteiger partial charge in [-0.1, -0.05) is 221 Å². The number of unbranched alkanes of at least 4 members (excludes halogenated alkanes) is 22. The molecule has 4 nitrogen and oxygen atoms in total. The number of carbonyl (C=O) groups is 1. The van der Waals surface area contributed by atoms with E-state index in [-0.39, 0.29) is 12.5 Å². The summed E-state index contributed by atoms with van der Waals surface area (Å²) in [5, 5.41) is 22.7. The van der Waals surface area contributed by atoms with Crippen molar-refractivity contribution < 1.29 is 15.0 Å². The maximum absolute atomic E-state index is 12.3. The third-order valence-electron chi connectivity index (χ3n) is 10.1. The molecule has 0 aliphatic carbocycles. The largest absolute Gasteiger partial charge is 0.394 e. The Morgan fingerprint density at radius 3 is 1.20 bits per heavy atom. The van der Waals surface area contributed by atoms with E-state index in [0.717, 1.165) is 64.2 Å². The Hall–Kier alpha value is -2.43. The van der Waals surface area contributed by atoms with Gasteiger partial charge in [-0.3, -0.25) is 4.79 Å². The van der Waals surface area contributed by atoms with Crippen LogP contribution in [0.1, 0.15) is 213 Å². The van der Waals surface area contributed by atoms with Crippen molar-refractivity contribution in [2.24, 2.45) is 0 Å². The number of aliphatic hydroxyl groups is 2. The molecule has 0 aromatic carbocycles.